The first-order valence-corrected chi connectivity index (χ1v) is 11.1. The molecular weight excluding hydrogens is 438 g/mol. The standard InChI is InChI=1S/C21H22ClN5O3S/c1-11-5-14(15-8-18(22)24-10-17(15)30-2)16(9-23-11)20(29)25-21-27-26-19(31-21)4-3-12-6-13(28)7-12/h5,8-10,12-13,28H,3-4,6-7H2,1-2H3,(H,25,27,29). The number of hydrogen-bond acceptors (Lipinski definition) is 8. The van der Waals surface area contributed by atoms with Crippen LogP contribution in [0.25, 0.3) is 11.1 Å². The minimum atomic E-state index is -0.345. The molecule has 0 spiro atoms. The zero-order valence-electron chi connectivity index (χ0n) is 17.1. The zero-order valence-corrected chi connectivity index (χ0v) is 18.7. The van der Waals surface area contributed by atoms with Crippen molar-refractivity contribution in [1.29, 1.82) is 0 Å². The van der Waals surface area contributed by atoms with Gasteiger partial charge in [0.1, 0.15) is 15.9 Å². The molecule has 0 aromatic carbocycles. The van der Waals surface area contributed by atoms with Gasteiger partial charge in [-0.05, 0) is 44.2 Å². The summed E-state index contributed by atoms with van der Waals surface area (Å²) in [6.07, 6.45) is 6.36. The second kappa shape index (κ2) is 9.25. The maximum absolute atomic E-state index is 13.0. The van der Waals surface area contributed by atoms with Gasteiger partial charge in [0.15, 0.2) is 0 Å². The van der Waals surface area contributed by atoms with Crippen LogP contribution in [0, 0.1) is 12.8 Å². The van der Waals surface area contributed by atoms with E-state index in [0.717, 1.165) is 36.4 Å². The molecule has 0 unspecified atom stereocenters. The fourth-order valence-electron chi connectivity index (χ4n) is 3.59. The summed E-state index contributed by atoms with van der Waals surface area (Å²) in [4.78, 5) is 21.4. The molecular formula is C21H22ClN5O3S. The van der Waals surface area contributed by atoms with Crippen LogP contribution in [0.5, 0.6) is 5.75 Å². The zero-order chi connectivity index (χ0) is 22.0. The summed E-state index contributed by atoms with van der Waals surface area (Å²) in [5.74, 6) is 0.700. The lowest BCUT2D eigenvalue weighted by Crippen LogP contribution is -2.28. The van der Waals surface area contributed by atoms with Crippen molar-refractivity contribution < 1.29 is 14.6 Å². The maximum atomic E-state index is 13.0. The van der Waals surface area contributed by atoms with Crippen LogP contribution < -0.4 is 10.1 Å². The van der Waals surface area contributed by atoms with E-state index in [4.69, 9.17) is 16.3 Å². The van der Waals surface area contributed by atoms with Gasteiger partial charge in [-0.1, -0.05) is 22.9 Å². The van der Waals surface area contributed by atoms with Gasteiger partial charge in [0.2, 0.25) is 5.13 Å². The Morgan fingerprint density at radius 3 is 2.81 bits per heavy atom. The average Bonchev–Trinajstić information content (AvgIpc) is 3.17. The first kappa shape index (κ1) is 21.6. The Hall–Kier alpha value is -2.62. The highest BCUT2D eigenvalue weighted by Crippen LogP contribution is 2.35. The molecule has 1 amide bonds. The number of pyridine rings is 2. The first-order valence-electron chi connectivity index (χ1n) is 9.91. The second-order valence-electron chi connectivity index (χ2n) is 7.56. The van der Waals surface area contributed by atoms with Gasteiger partial charge in [-0.25, -0.2) is 4.98 Å². The summed E-state index contributed by atoms with van der Waals surface area (Å²) in [5, 5.41) is 22.1. The number of ether oxygens (including phenoxy) is 1. The smallest absolute Gasteiger partial charge is 0.259 e. The van der Waals surface area contributed by atoms with Crippen LogP contribution in [0.4, 0.5) is 5.13 Å². The molecule has 0 bridgehead atoms. The minimum absolute atomic E-state index is 0.152. The van der Waals surface area contributed by atoms with E-state index >= 15 is 0 Å². The van der Waals surface area contributed by atoms with E-state index in [-0.39, 0.29) is 12.0 Å². The fraction of sp³-hybridized carbons (Fsp3) is 0.381. The number of carbonyl (C=O) groups is 1. The van der Waals surface area contributed by atoms with E-state index in [1.807, 2.05) is 13.0 Å². The van der Waals surface area contributed by atoms with Crippen LogP contribution in [-0.4, -0.2) is 44.4 Å². The van der Waals surface area contributed by atoms with Gasteiger partial charge in [-0.15, -0.1) is 10.2 Å². The Kier molecular flexibility index (Phi) is 6.45. The molecule has 1 fully saturated rings. The highest BCUT2D eigenvalue weighted by molar-refractivity contribution is 7.15. The number of amides is 1. The molecule has 1 aliphatic rings. The number of methoxy groups -OCH3 is 1. The quantitative estimate of drug-likeness (QED) is 0.515. The average molecular weight is 460 g/mol. The molecule has 10 heteroatoms. The Balaban J connectivity index is 1.53. The van der Waals surface area contributed by atoms with Crippen LogP contribution in [0.2, 0.25) is 5.15 Å². The van der Waals surface area contributed by atoms with Gasteiger partial charge in [0, 0.05) is 29.4 Å². The number of rotatable bonds is 7. The highest BCUT2D eigenvalue weighted by Gasteiger charge is 2.27. The number of nitrogens with zero attached hydrogens (tertiary/aromatic N) is 4. The van der Waals surface area contributed by atoms with Crippen molar-refractivity contribution in [2.24, 2.45) is 5.92 Å². The Bertz CT molecular complexity index is 1100. The summed E-state index contributed by atoms with van der Waals surface area (Å²) in [6.45, 7) is 1.85. The van der Waals surface area contributed by atoms with E-state index in [1.54, 1.807) is 6.07 Å². The predicted molar refractivity (Wildman–Crippen MR) is 119 cm³/mol. The SMILES string of the molecule is COc1cnc(Cl)cc1-c1cc(C)ncc1C(=O)Nc1nnc(CCC2CC(O)C2)s1. The number of carbonyl (C=O) groups excluding carboxylic acids is 1. The third-order valence-corrected chi connectivity index (χ3v) is 6.40. The summed E-state index contributed by atoms with van der Waals surface area (Å²) >= 11 is 7.44. The van der Waals surface area contributed by atoms with E-state index in [9.17, 15) is 9.90 Å². The lowest BCUT2D eigenvalue weighted by atomic mass is 9.79. The number of aliphatic hydroxyl groups is 1. The van der Waals surface area contributed by atoms with Crippen LogP contribution in [0.15, 0.2) is 24.5 Å². The van der Waals surface area contributed by atoms with Crippen LogP contribution >= 0.6 is 22.9 Å². The molecule has 2 N–H and O–H groups in total. The van der Waals surface area contributed by atoms with Crippen LogP contribution in [-0.2, 0) is 6.42 Å². The first-order chi connectivity index (χ1) is 14.9. The van der Waals surface area contributed by atoms with Gasteiger partial charge in [0.25, 0.3) is 5.91 Å². The number of aliphatic hydroxyl groups excluding tert-OH is 1. The molecule has 8 nitrogen and oxygen atoms in total. The number of nitrogens with one attached hydrogen (secondary N) is 1. The van der Waals surface area contributed by atoms with E-state index in [2.05, 4.69) is 25.5 Å². The lowest BCUT2D eigenvalue weighted by Gasteiger charge is -2.30. The van der Waals surface area contributed by atoms with Gasteiger partial charge in [-0.3, -0.25) is 15.1 Å². The van der Waals surface area contributed by atoms with Crippen molar-refractivity contribution in [1.82, 2.24) is 20.2 Å². The van der Waals surface area contributed by atoms with Gasteiger partial charge < -0.3 is 9.84 Å². The Morgan fingerprint density at radius 1 is 1.26 bits per heavy atom. The monoisotopic (exact) mass is 459 g/mol. The van der Waals surface area contributed by atoms with Crippen molar-refractivity contribution in [2.45, 2.75) is 38.7 Å². The number of halogens is 1. The van der Waals surface area contributed by atoms with Crippen molar-refractivity contribution in [3.05, 3.63) is 45.9 Å². The van der Waals surface area contributed by atoms with Gasteiger partial charge in [-0.2, -0.15) is 0 Å². The molecule has 4 rings (SSSR count). The molecule has 162 valence electrons. The molecule has 0 aliphatic heterocycles. The summed E-state index contributed by atoms with van der Waals surface area (Å²) < 4.78 is 5.41. The van der Waals surface area contributed by atoms with E-state index in [1.165, 1.54) is 30.8 Å². The molecule has 0 atom stereocenters. The number of anilines is 1. The molecule has 1 saturated carbocycles. The van der Waals surface area contributed by atoms with Crippen LogP contribution in [0.1, 0.15) is 40.3 Å². The maximum Gasteiger partial charge on any atom is 0.259 e. The molecule has 3 aromatic heterocycles. The number of aryl methyl sites for hydroxylation is 2. The molecule has 3 heterocycles. The van der Waals surface area contributed by atoms with Crippen molar-refractivity contribution >= 4 is 34.0 Å². The molecule has 0 saturated heterocycles. The molecule has 0 radical (unpaired) electrons. The van der Waals surface area contributed by atoms with Crippen molar-refractivity contribution in [2.75, 3.05) is 12.4 Å². The van der Waals surface area contributed by atoms with Crippen molar-refractivity contribution in [3.63, 3.8) is 0 Å². The molecule has 3 aromatic rings. The number of hydrogen-bond donors (Lipinski definition) is 2. The predicted octanol–water partition coefficient (Wildman–Crippen LogP) is 3.92. The largest absolute Gasteiger partial charge is 0.494 e. The second-order valence-corrected chi connectivity index (χ2v) is 9.01. The minimum Gasteiger partial charge on any atom is -0.494 e. The topological polar surface area (TPSA) is 110 Å². The summed E-state index contributed by atoms with van der Waals surface area (Å²) in [7, 11) is 1.54. The third kappa shape index (κ3) is 5.00. The van der Waals surface area contributed by atoms with E-state index in [0.29, 0.717) is 38.6 Å². The van der Waals surface area contributed by atoms with Crippen LogP contribution in [0.3, 0.4) is 0 Å². The van der Waals surface area contributed by atoms with E-state index < -0.39 is 0 Å². The third-order valence-electron chi connectivity index (χ3n) is 5.29. The van der Waals surface area contributed by atoms with Gasteiger partial charge in [0.05, 0.1) is 25.0 Å². The number of aromatic nitrogens is 4. The Morgan fingerprint density at radius 2 is 2.06 bits per heavy atom. The summed E-state index contributed by atoms with van der Waals surface area (Å²) in [5.41, 5.74) is 2.41. The normalized spacial score (nSPS) is 17.8. The summed E-state index contributed by atoms with van der Waals surface area (Å²) in [6, 6.07) is 3.47. The van der Waals surface area contributed by atoms with Gasteiger partial charge >= 0.3 is 0 Å². The lowest BCUT2D eigenvalue weighted by molar-refractivity contribution is 0.0393. The molecule has 31 heavy (non-hydrogen) atoms. The van der Waals surface area contributed by atoms with Crippen molar-refractivity contribution in [3.8, 4) is 16.9 Å². The Labute approximate surface area is 188 Å². The highest BCUT2D eigenvalue weighted by atomic mass is 35.5. The molecule has 1 aliphatic carbocycles. The fourth-order valence-corrected chi connectivity index (χ4v) is 4.50.